The Kier molecular flexibility index (Phi) is 4.91. The number of aryl methyl sites for hydroxylation is 1. The fourth-order valence-electron chi connectivity index (χ4n) is 4.53. The lowest BCUT2D eigenvalue weighted by Gasteiger charge is -2.35. The van der Waals surface area contributed by atoms with Gasteiger partial charge in [-0.05, 0) is 56.1 Å². The second-order valence-corrected chi connectivity index (χ2v) is 9.44. The highest BCUT2D eigenvalue weighted by atomic mass is 32.2. The molecule has 0 amide bonds. The molecule has 0 saturated heterocycles. The summed E-state index contributed by atoms with van der Waals surface area (Å²) in [5.74, 6) is 1.65. The number of rotatable bonds is 3. The molecule has 122 valence electrons. The summed E-state index contributed by atoms with van der Waals surface area (Å²) in [6.45, 7) is 1.90. The molecule has 3 rings (SSSR count). The zero-order chi connectivity index (χ0) is 15.6. The zero-order valence-corrected chi connectivity index (χ0v) is 14.4. The van der Waals surface area contributed by atoms with Crippen molar-refractivity contribution < 1.29 is 8.42 Å². The van der Waals surface area contributed by atoms with Crippen molar-refractivity contribution >= 4 is 9.84 Å². The van der Waals surface area contributed by atoms with E-state index in [1.165, 1.54) is 32.1 Å². The minimum Gasteiger partial charge on any atom is -0.223 e. The van der Waals surface area contributed by atoms with Gasteiger partial charge in [0.2, 0.25) is 0 Å². The van der Waals surface area contributed by atoms with Crippen molar-refractivity contribution in [3.05, 3.63) is 29.8 Å². The average molecular weight is 320 g/mol. The summed E-state index contributed by atoms with van der Waals surface area (Å²) in [5.41, 5.74) is 0.886. The molecule has 0 bridgehead atoms. The molecular weight excluding hydrogens is 292 g/mol. The molecule has 2 nitrogen and oxygen atoms in total. The Balaban J connectivity index is 1.67. The monoisotopic (exact) mass is 320 g/mol. The molecule has 0 N–H and O–H groups in total. The first-order chi connectivity index (χ1) is 10.6. The lowest BCUT2D eigenvalue weighted by molar-refractivity contribution is 0.197. The van der Waals surface area contributed by atoms with E-state index in [4.69, 9.17) is 0 Å². The van der Waals surface area contributed by atoms with E-state index in [0.29, 0.717) is 4.90 Å². The highest BCUT2D eigenvalue weighted by Crippen LogP contribution is 2.40. The van der Waals surface area contributed by atoms with Crippen LogP contribution in [-0.2, 0) is 9.84 Å². The number of hydrogen-bond donors (Lipinski definition) is 0. The fourth-order valence-corrected chi connectivity index (χ4v) is 6.57. The van der Waals surface area contributed by atoms with Crippen molar-refractivity contribution in [2.75, 3.05) is 0 Å². The van der Waals surface area contributed by atoms with Crippen molar-refractivity contribution in [1.82, 2.24) is 0 Å². The van der Waals surface area contributed by atoms with Gasteiger partial charge in [0.25, 0.3) is 0 Å². The minimum absolute atomic E-state index is 0.159. The maximum Gasteiger partial charge on any atom is 0.181 e. The molecule has 2 aliphatic rings. The van der Waals surface area contributed by atoms with Crippen LogP contribution in [0.15, 0.2) is 29.2 Å². The smallest absolute Gasteiger partial charge is 0.181 e. The molecule has 2 aliphatic carbocycles. The number of benzene rings is 1. The third-order valence-corrected chi connectivity index (χ3v) is 8.29. The molecule has 2 saturated carbocycles. The Morgan fingerprint density at radius 3 is 2.05 bits per heavy atom. The third-order valence-electron chi connectivity index (χ3n) is 5.87. The SMILES string of the molecule is Cc1ccccc1S(=O)(=O)C1CCC(C2CCCCC2)CC1. The predicted molar refractivity (Wildman–Crippen MR) is 90.7 cm³/mol. The molecule has 3 heteroatoms. The summed E-state index contributed by atoms with van der Waals surface area (Å²) in [6.07, 6.45) is 10.8. The van der Waals surface area contributed by atoms with Crippen molar-refractivity contribution in [1.29, 1.82) is 0 Å². The van der Waals surface area contributed by atoms with Crippen LogP contribution in [0.25, 0.3) is 0 Å². The van der Waals surface area contributed by atoms with Crippen molar-refractivity contribution in [2.45, 2.75) is 74.9 Å². The summed E-state index contributed by atoms with van der Waals surface area (Å²) in [6, 6.07) is 7.43. The highest BCUT2D eigenvalue weighted by Gasteiger charge is 2.35. The van der Waals surface area contributed by atoms with E-state index in [-0.39, 0.29) is 5.25 Å². The highest BCUT2D eigenvalue weighted by molar-refractivity contribution is 7.92. The lowest BCUT2D eigenvalue weighted by Crippen LogP contribution is -2.31. The first kappa shape index (κ1) is 16.0. The molecular formula is C19H28O2S. The van der Waals surface area contributed by atoms with Crippen molar-refractivity contribution in [3.8, 4) is 0 Å². The van der Waals surface area contributed by atoms with Crippen LogP contribution >= 0.6 is 0 Å². The topological polar surface area (TPSA) is 34.1 Å². The third kappa shape index (κ3) is 3.24. The van der Waals surface area contributed by atoms with Gasteiger partial charge in [-0.25, -0.2) is 8.42 Å². The van der Waals surface area contributed by atoms with E-state index in [1.807, 2.05) is 25.1 Å². The molecule has 0 atom stereocenters. The number of sulfone groups is 1. The molecule has 0 spiro atoms. The van der Waals surface area contributed by atoms with E-state index in [9.17, 15) is 8.42 Å². The van der Waals surface area contributed by atoms with Crippen LogP contribution in [0.5, 0.6) is 0 Å². The van der Waals surface area contributed by atoms with Gasteiger partial charge in [-0.1, -0.05) is 50.3 Å². The van der Waals surface area contributed by atoms with Gasteiger partial charge in [0, 0.05) is 0 Å². The van der Waals surface area contributed by atoms with Gasteiger partial charge in [-0.3, -0.25) is 0 Å². The van der Waals surface area contributed by atoms with Gasteiger partial charge in [0.05, 0.1) is 10.1 Å². The van der Waals surface area contributed by atoms with Crippen LogP contribution in [0.3, 0.4) is 0 Å². The van der Waals surface area contributed by atoms with Crippen LogP contribution in [0.2, 0.25) is 0 Å². The van der Waals surface area contributed by atoms with E-state index in [0.717, 1.165) is 43.1 Å². The predicted octanol–water partition coefficient (Wildman–Crippen LogP) is 4.91. The molecule has 2 fully saturated rings. The van der Waals surface area contributed by atoms with Gasteiger partial charge in [-0.15, -0.1) is 0 Å². The van der Waals surface area contributed by atoms with Crippen LogP contribution in [0.1, 0.15) is 63.4 Å². The van der Waals surface area contributed by atoms with Crippen LogP contribution < -0.4 is 0 Å². The fraction of sp³-hybridized carbons (Fsp3) is 0.684. The summed E-state index contributed by atoms with van der Waals surface area (Å²) in [7, 11) is -3.15. The van der Waals surface area contributed by atoms with Crippen LogP contribution in [0.4, 0.5) is 0 Å². The first-order valence-corrected chi connectivity index (χ1v) is 10.4. The van der Waals surface area contributed by atoms with Gasteiger partial charge in [0.15, 0.2) is 9.84 Å². The van der Waals surface area contributed by atoms with Gasteiger partial charge in [0.1, 0.15) is 0 Å². The molecule has 0 aliphatic heterocycles. The molecule has 0 heterocycles. The molecule has 0 radical (unpaired) electrons. The Morgan fingerprint density at radius 1 is 0.818 bits per heavy atom. The Bertz CT molecular complexity index is 592. The molecule has 0 unspecified atom stereocenters. The minimum atomic E-state index is -3.15. The Labute approximate surface area is 135 Å². The Morgan fingerprint density at radius 2 is 1.41 bits per heavy atom. The van der Waals surface area contributed by atoms with E-state index in [2.05, 4.69) is 0 Å². The average Bonchev–Trinajstić information content (AvgIpc) is 2.56. The standard InChI is InChI=1S/C19H28O2S/c1-15-7-5-6-10-19(15)22(20,21)18-13-11-17(12-14-18)16-8-3-2-4-9-16/h5-7,10,16-18H,2-4,8-9,11-14H2,1H3. The normalized spacial score (nSPS) is 27.7. The zero-order valence-electron chi connectivity index (χ0n) is 13.6. The summed E-state index contributed by atoms with van der Waals surface area (Å²) < 4.78 is 25.8. The second kappa shape index (κ2) is 6.74. The molecule has 1 aromatic carbocycles. The Hall–Kier alpha value is -0.830. The molecule has 0 aromatic heterocycles. The van der Waals surface area contributed by atoms with Crippen molar-refractivity contribution in [2.24, 2.45) is 11.8 Å². The second-order valence-electron chi connectivity index (χ2n) is 7.25. The molecule has 1 aromatic rings. The lowest BCUT2D eigenvalue weighted by atomic mass is 9.73. The summed E-state index contributed by atoms with van der Waals surface area (Å²) >= 11 is 0. The van der Waals surface area contributed by atoms with E-state index < -0.39 is 9.84 Å². The van der Waals surface area contributed by atoms with Crippen LogP contribution in [-0.4, -0.2) is 13.7 Å². The van der Waals surface area contributed by atoms with Crippen molar-refractivity contribution in [3.63, 3.8) is 0 Å². The maximum atomic E-state index is 12.9. The maximum absolute atomic E-state index is 12.9. The molecule has 22 heavy (non-hydrogen) atoms. The number of hydrogen-bond acceptors (Lipinski definition) is 2. The van der Waals surface area contributed by atoms with E-state index >= 15 is 0 Å². The summed E-state index contributed by atoms with van der Waals surface area (Å²) in [5, 5.41) is -0.159. The largest absolute Gasteiger partial charge is 0.223 e. The van der Waals surface area contributed by atoms with Gasteiger partial charge < -0.3 is 0 Å². The van der Waals surface area contributed by atoms with Crippen LogP contribution in [0, 0.1) is 18.8 Å². The van der Waals surface area contributed by atoms with E-state index in [1.54, 1.807) is 6.07 Å². The van der Waals surface area contributed by atoms with Gasteiger partial charge >= 0.3 is 0 Å². The quantitative estimate of drug-likeness (QED) is 0.793. The van der Waals surface area contributed by atoms with Gasteiger partial charge in [-0.2, -0.15) is 0 Å². The first-order valence-electron chi connectivity index (χ1n) is 8.88. The summed E-state index contributed by atoms with van der Waals surface area (Å²) in [4.78, 5) is 0.552.